The summed E-state index contributed by atoms with van der Waals surface area (Å²) < 4.78 is 38.4. The average Bonchev–Trinajstić information content (AvgIpc) is 2.14. The van der Waals surface area contributed by atoms with Gasteiger partial charge in [0.25, 0.3) is 0 Å². The van der Waals surface area contributed by atoms with Crippen LogP contribution in [0.25, 0.3) is 0 Å². The summed E-state index contributed by atoms with van der Waals surface area (Å²) in [7, 11) is 0. The molecule has 3 N–H and O–H groups in total. The number of rotatable bonds is 2. The van der Waals surface area contributed by atoms with Gasteiger partial charge in [0.05, 0.1) is 0 Å². The van der Waals surface area contributed by atoms with Gasteiger partial charge in [-0.25, -0.2) is 13.2 Å². The monoisotopic (exact) mass is 241 g/mol. The van der Waals surface area contributed by atoms with Gasteiger partial charge < -0.3 is 10.8 Å². The van der Waals surface area contributed by atoms with Crippen molar-refractivity contribution < 1.29 is 18.3 Å². The second-order valence-corrected chi connectivity index (χ2v) is 2.93. The highest BCUT2D eigenvalue weighted by Crippen LogP contribution is 2.30. The summed E-state index contributed by atoms with van der Waals surface area (Å²) in [5.74, 6) is -5.11. The van der Waals surface area contributed by atoms with E-state index in [1.54, 1.807) is 6.92 Å². The van der Waals surface area contributed by atoms with Crippen LogP contribution in [0.2, 0.25) is 0 Å². The van der Waals surface area contributed by atoms with Gasteiger partial charge in [-0.05, 0) is 6.42 Å². The van der Waals surface area contributed by atoms with Crippen molar-refractivity contribution in [2.24, 2.45) is 5.73 Å². The third kappa shape index (κ3) is 2.54. The minimum absolute atomic E-state index is 0. The van der Waals surface area contributed by atoms with E-state index in [1.165, 1.54) is 0 Å². The van der Waals surface area contributed by atoms with Crippen molar-refractivity contribution in [1.82, 2.24) is 0 Å². The summed E-state index contributed by atoms with van der Waals surface area (Å²) in [5, 5.41) is 9.17. The predicted molar refractivity (Wildman–Crippen MR) is 52.4 cm³/mol. The van der Waals surface area contributed by atoms with Crippen molar-refractivity contribution in [3.05, 3.63) is 29.1 Å². The first-order chi connectivity index (χ1) is 6.49. The molecule has 0 unspecified atom stereocenters. The molecule has 6 heteroatoms. The Morgan fingerprint density at radius 2 is 1.87 bits per heavy atom. The molecule has 0 saturated heterocycles. The second kappa shape index (κ2) is 5.23. The summed E-state index contributed by atoms with van der Waals surface area (Å²) in [6, 6.07) is -0.325. The number of aromatic hydroxyl groups is 1. The highest BCUT2D eigenvalue weighted by Gasteiger charge is 2.21. The first-order valence-electron chi connectivity index (χ1n) is 4.11. The lowest BCUT2D eigenvalue weighted by molar-refractivity contribution is 0.399. The standard InChI is InChI=1S/C9H10F3NO.ClH/c1-2-5(13)7-6(14)3-4(10)8(11)9(7)12;/h3,5,14H,2,13H2,1H3;1H/t5-;/m1./s1. The molecule has 0 aliphatic heterocycles. The molecule has 15 heavy (non-hydrogen) atoms. The zero-order valence-electron chi connectivity index (χ0n) is 7.93. The number of hydrogen-bond donors (Lipinski definition) is 2. The van der Waals surface area contributed by atoms with Crippen LogP contribution in [0.15, 0.2) is 6.07 Å². The highest BCUT2D eigenvalue weighted by atomic mass is 35.5. The Morgan fingerprint density at radius 3 is 2.33 bits per heavy atom. The molecule has 0 aromatic heterocycles. The fraction of sp³-hybridized carbons (Fsp3) is 0.333. The SMILES string of the molecule is CC[C@@H](N)c1c(O)cc(F)c(F)c1F.Cl. The van der Waals surface area contributed by atoms with Gasteiger partial charge in [0.1, 0.15) is 5.75 Å². The van der Waals surface area contributed by atoms with Gasteiger partial charge in [-0.3, -0.25) is 0 Å². The van der Waals surface area contributed by atoms with E-state index in [0.717, 1.165) is 0 Å². The van der Waals surface area contributed by atoms with Gasteiger partial charge >= 0.3 is 0 Å². The normalized spacial score (nSPS) is 12.1. The first-order valence-corrected chi connectivity index (χ1v) is 4.11. The van der Waals surface area contributed by atoms with Gasteiger partial charge in [-0.1, -0.05) is 6.92 Å². The second-order valence-electron chi connectivity index (χ2n) is 2.93. The van der Waals surface area contributed by atoms with Crippen molar-refractivity contribution in [2.75, 3.05) is 0 Å². The Hall–Kier alpha value is -0.940. The predicted octanol–water partition coefficient (Wildman–Crippen LogP) is 2.64. The molecule has 0 spiro atoms. The number of phenols is 1. The van der Waals surface area contributed by atoms with Gasteiger partial charge in [-0.15, -0.1) is 12.4 Å². The maximum atomic E-state index is 13.1. The first kappa shape index (κ1) is 14.1. The average molecular weight is 242 g/mol. The summed E-state index contributed by atoms with van der Waals surface area (Å²) in [4.78, 5) is 0. The minimum Gasteiger partial charge on any atom is -0.507 e. The summed E-state index contributed by atoms with van der Waals surface area (Å²) >= 11 is 0. The van der Waals surface area contributed by atoms with Crippen molar-refractivity contribution in [3.63, 3.8) is 0 Å². The Morgan fingerprint density at radius 1 is 1.33 bits per heavy atom. The van der Waals surface area contributed by atoms with Crippen LogP contribution in [0, 0.1) is 17.5 Å². The zero-order valence-corrected chi connectivity index (χ0v) is 8.75. The molecule has 0 radical (unpaired) electrons. The zero-order chi connectivity index (χ0) is 10.9. The lowest BCUT2D eigenvalue weighted by Crippen LogP contribution is -2.12. The van der Waals surface area contributed by atoms with Crippen molar-refractivity contribution in [3.8, 4) is 5.75 Å². The van der Waals surface area contributed by atoms with Crippen LogP contribution >= 0.6 is 12.4 Å². The van der Waals surface area contributed by atoms with Crippen LogP contribution in [0.3, 0.4) is 0 Å². The van der Waals surface area contributed by atoms with Crippen molar-refractivity contribution >= 4 is 12.4 Å². The molecular formula is C9H11ClF3NO. The molecule has 1 aromatic carbocycles. The number of hydrogen-bond acceptors (Lipinski definition) is 2. The number of nitrogens with two attached hydrogens (primary N) is 1. The van der Waals surface area contributed by atoms with E-state index < -0.39 is 29.2 Å². The third-order valence-electron chi connectivity index (χ3n) is 1.99. The molecule has 0 amide bonds. The van der Waals surface area contributed by atoms with Crippen LogP contribution in [0.5, 0.6) is 5.75 Å². The van der Waals surface area contributed by atoms with Crippen LogP contribution in [0.4, 0.5) is 13.2 Å². The molecule has 1 aromatic rings. The van der Waals surface area contributed by atoms with E-state index in [-0.39, 0.29) is 18.0 Å². The smallest absolute Gasteiger partial charge is 0.195 e. The highest BCUT2D eigenvalue weighted by molar-refractivity contribution is 5.85. The van der Waals surface area contributed by atoms with E-state index in [1.807, 2.05) is 0 Å². The lowest BCUT2D eigenvalue weighted by atomic mass is 10.0. The molecule has 2 nitrogen and oxygen atoms in total. The van der Waals surface area contributed by atoms with Gasteiger partial charge in [-0.2, -0.15) is 0 Å². The van der Waals surface area contributed by atoms with E-state index in [9.17, 15) is 18.3 Å². The third-order valence-corrected chi connectivity index (χ3v) is 1.99. The summed E-state index contributed by atoms with van der Waals surface area (Å²) in [6.45, 7) is 1.64. The fourth-order valence-corrected chi connectivity index (χ4v) is 1.15. The molecule has 0 aliphatic rings. The molecule has 86 valence electrons. The Kier molecular flexibility index (Phi) is 4.90. The Labute approximate surface area is 91.3 Å². The summed E-state index contributed by atoms with van der Waals surface area (Å²) in [5.41, 5.74) is 5.04. The fourth-order valence-electron chi connectivity index (χ4n) is 1.15. The van der Waals surface area contributed by atoms with Gasteiger partial charge in [0.2, 0.25) is 0 Å². The Bertz CT molecular complexity index is 360. The molecule has 1 atom stereocenters. The molecule has 0 bridgehead atoms. The molecule has 0 fully saturated rings. The van der Waals surface area contributed by atoms with E-state index in [4.69, 9.17) is 5.73 Å². The minimum atomic E-state index is -1.61. The summed E-state index contributed by atoms with van der Waals surface area (Å²) in [6.07, 6.45) is 0.315. The maximum absolute atomic E-state index is 13.1. The van der Waals surface area contributed by atoms with E-state index >= 15 is 0 Å². The largest absolute Gasteiger partial charge is 0.507 e. The molecule has 1 rings (SSSR count). The topological polar surface area (TPSA) is 46.2 Å². The molecule has 0 aliphatic carbocycles. The van der Waals surface area contributed by atoms with Crippen LogP contribution in [0.1, 0.15) is 24.9 Å². The Balaban J connectivity index is 0.00000196. The van der Waals surface area contributed by atoms with Gasteiger partial charge in [0, 0.05) is 17.7 Å². The van der Waals surface area contributed by atoms with Crippen molar-refractivity contribution in [1.29, 1.82) is 0 Å². The molecular weight excluding hydrogens is 231 g/mol. The van der Waals surface area contributed by atoms with Crippen LogP contribution < -0.4 is 5.73 Å². The number of halogens is 4. The van der Waals surface area contributed by atoms with Gasteiger partial charge in [0.15, 0.2) is 17.5 Å². The van der Waals surface area contributed by atoms with Crippen LogP contribution in [-0.2, 0) is 0 Å². The van der Waals surface area contributed by atoms with Crippen LogP contribution in [-0.4, -0.2) is 5.11 Å². The molecule has 0 saturated carbocycles. The molecule has 0 heterocycles. The number of benzene rings is 1. The maximum Gasteiger partial charge on any atom is 0.195 e. The van der Waals surface area contributed by atoms with Crippen molar-refractivity contribution in [2.45, 2.75) is 19.4 Å². The van der Waals surface area contributed by atoms with E-state index in [2.05, 4.69) is 0 Å². The van der Waals surface area contributed by atoms with E-state index in [0.29, 0.717) is 12.5 Å². The quantitative estimate of drug-likeness (QED) is 0.782. The lowest BCUT2D eigenvalue weighted by Gasteiger charge is -2.12. The number of phenolic OH excluding ortho intramolecular Hbond substituents is 1.